The van der Waals surface area contributed by atoms with Crippen LogP contribution in [0.2, 0.25) is 0 Å². The van der Waals surface area contributed by atoms with Gasteiger partial charge < -0.3 is 10.8 Å². The summed E-state index contributed by atoms with van der Waals surface area (Å²) in [6.45, 7) is 0. The van der Waals surface area contributed by atoms with Crippen molar-refractivity contribution in [3.05, 3.63) is 59.8 Å². The van der Waals surface area contributed by atoms with Crippen LogP contribution in [0.5, 0.6) is 0 Å². The second-order valence-corrected chi connectivity index (χ2v) is 4.85. The highest BCUT2D eigenvalue weighted by molar-refractivity contribution is 5.97. The van der Waals surface area contributed by atoms with Crippen LogP contribution in [0.25, 0.3) is 22.4 Å². The SMILES string of the molecule is NC(=O)c1n[nH]nc1-c1cccc(-c2cccc(C(=O)O)c2)c1. The fourth-order valence-electron chi connectivity index (χ4n) is 2.28. The molecule has 7 nitrogen and oxygen atoms in total. The Morgan fingerprint density at radius 1 is 0.957 bits per heavy atom. The van der Waals surface area contributed by atoms with Gasteiger partial charge in [0.05, 0.1) is 5.56 Å². The van der Waals surface area contributed by atoms with Gasteiger partial charge in [-0.25, -0.2) is 4.79 Å². The summed E-state index contributed by atoms with van der Waals surface area (Å²) in [5.41, 5.74) is 8.08. The van der Waals surface area contributed by atoms with Crippen molar-refractivity contribution in [2.24, 2.45) is 5.73 Å². The third-order valence-electron chi connectivity index (χ3n) is 3.36. The minimum atomic E-state index is -0.990. The van der Waals surface area contributed by atoms with E-state index < -0.39 is 11.9 Å². The molecule has 4 N–H and O–H groups in total. The number of aromatic carboxylic acids is 1. The lowest BCUT2D eigenvalue weighted by Gasteiger charge is -2.05. The maximum Gasteiger partial charge on any atom is 0.335 e. The summed E-state index contributed by atoms with van der Waals surface area (Å²) in [6.07, 6.45) is 0. The van der Waals surface area contributed by atoms with Crippen LogP contribution in [0.1, 0.15) is 20.8 Å². The second kappa shape index (κ2) is 5.72. The minimum absolute atomic E-state index is 0.0569. The number of rotatable bonds is 4. The third-order valence-corrected chi connectivity index (χ3v) is 3.36. The topological polar surface area (TPSA) is 122 Å². The van der Waals surface area contributed by atoms with E-state index >= 15 is 0 Å². The lowest BCUT2D eigenvalue weighted by molar-refractivity contribution is 0.0696. The molecule has 23 heavy (non-hydrogen) atoms. The van der Waals surface area contributed by atoms with E-state index in [9.17, 15) is 9.59 Å². The molecule has 0 unspecified atom stereocenters. The lowest BCUT2D eigenvalue weighted by Crippen LogP contribution is -2.12. The quantitative estimate of drug-likeness (QED) is 0.679. The van der Waals surface area contributed by atoms with Gasteiger partial charge in [0, 0.05) is 5.56 Å². The van der Waals surface area contributed by atoms with Gasteiger partial charge >= 0.3 is 5.97 Å². The number of amides is 1. The van der Waals surface area contributed by atoms with Crippen molar-refractivity contribution < 1.29 is 14.7 Å². The van der Waals surface area contributed by atoms with E-state index in [4.69, 9.17) is 10.8 Å². The zero-order valence-corrected chi connectivity index (χ0v) is 11.9. The van der Waals surface area contributed by atoms with Gasteiger partial charge in [-0.2, -0.15) is 15.4 Å². The van der Waals surface area contributed by atoms with Gasteiger partial charge in [0.15, 0.2) is 5.69 Å². The van der Waals surface area contributed by atoms with Gasteiger partial charge in [-0.05, 0) is 29.3 Å². The first-order valence-corrected chi connectivity index (χ1v) is 6.71. The Morgan fingerprint density at radius 2 is 1.61 bits per heavy atom. The number of hydrogen-bond donors (Lipinski definition) is 3. The number of carboxylic acids is 1. The van der Waals surface area contributed by atoms with Crippen LogP contribution in [0.4, 0.5) is 0 Å². The molecular weight excluding hydrogens is 296 g/mol. The van der Waals surface area contributed by atoms with Gasteiger partial charge in [-0.15, -0.1) is 0 Å². The largest absolute Gasteiger partial charge is 0.478 e. The number of aromatic amines is 1. The maximum absolute atomic E-state index is 11.4. The Morgan fingerprint density at radius 3 is 2.30 bits per heavy atom. The number of benzene rings is 2. The van der Waals surface area contributed by atoms with Crippen molar-refractivity contribution in [2.75, 3.05) is 0 Å². The molecule has 1 heterocycles. The van der Waals surface area contributed by atoms with Crippen molar-refractivity contribution in [3.8, 4) is 22.4 Å². The van der Waals surface area contributed by atoms with E-state index in [1.807, 2.05) is 12.1 Å². The van der Waals surface area contributed by atoms with Crippen LogP contribution in [-0.4, -0.2) is 32.4 Å². The van der Waals surface area contributed by atoms with Crippen molar-refractivity contribution in [2.45, 2.75) is 0 Å². The number of carbonyl (C=O) groups excluding carboxylic acids is 1. The molecule has 0 atom stereocenters. The number of hydrogen-bond acceptors (Lipinski definition) is 4. The molecule has 7 heteroatoms. The predicted octanol–water partition coefficient (Wildman–Crippen LogP) is 1.94. The zero-order chi connectivity index (χ0) is 16.4. The van der Waals surface area contributed by atoms with Crippen molar-refractivity contribution in [1.82, 2.24) is 15.4 Å². The first kappa shape index (κ1) is 14.5. The Labute approximate surface area is 130 Å². The van der Waals surface area contributed by atoms with Crippen molar-refractivity contribution >= 4 is 11.9 Å². The molecule has 0 saturated carbocycles. The number of nitrogens with two attached hydrogens (primary N) is 1. The van der Waals surface area contributed by atoms with Crippen molar-refractivity contribution in [1.29, 1.82) is 0 Å². The van der Waals surface area contributed by atoms with Crippen LogP contribution < -0.4 is 5.73 Å². The monoisotopic (exact) mass is 308 g/mol. The highest BCUT2D eigenvalue weighted by Gasteiger charge is 2.15. The highest BCUT2D eigenvalue weighted by atomic mass is 16.4. The number of nitrogens with zero attached hydrogens (tertiary/aromatic N) is 2. The Bertz CT molecular complexity index is 902. The molecular formula is C16H12N4O3. The average Bonchev–Trinajstić information content (AvgIpc) is 3.05. The molecule has 1 aromatic heterocycles. The van der Waals surface area contributed by atoms with E-state index in [0.717, 1.165) is 11.1 Å². The summed E-state index contributed by atoms with van der Waals surface area (Å²) in [7, 11) is 0. The predicted molar refractivity (Wildman–Crippen MR) is 82.7 cm³/mol. The highest BCUT2D eigenvalue weighted by Crippen LogP contribution is 2.27. The molecule has 3 aromatic rings. The first-order valence-electron chi connectivity index (χ1n) is 6.71. The number of carboxylic acid groups (broad SMARTS) is 1. The van der Waals surface area contributed by atoms with Crippen molar-refractivity contribution in [3.63, 3.8) is 0 Å². The number of H-pyrrole nitrogens is 1. The first-order chi connectivity index (χ1) is 11.1. The number of nitrogens with one attached hydrogen (secondary N) is 1. The molecule has 0 aliphatic carbocycles. The van der Waals surface area contributed by atoms with Gasteiger partial charge in [0.2, 0.25) is 0 Å². The smallest absolute Gasteiger partial charge is 0.335 e. The summed E-state index contributed by atoms with van der Waals surface area (Å²) in [4.78, 5) is 22.4. The fourth-order valence-corrected chi connectivity index (χ4v) is 2.28. The minimum Gasteiger partial charge on any atom is -0.478 e. The summed E-state index contributed by atoms with van der Waals surface area (Å²) in [6, 6.07) is 13.8. The molecule has 0 spiro atoms. The van der Waals surface area contributed by atoms with Crippen LogP contribution in [0.15, 0.2) is 48.5 Å². The molecule has 0 fully saturated rings. The molecule has 0 aliphatic rings. The van der Waals surface area contributed by atoms with Crippen LogP contribution in [0, 0.1) is 0 Å². The molecule has 0 aliphatic heterocycles. The van der Waals surface area contributed by atoms with Crippen LogP contribution >= 0.6 is 0 Å². The third kappa shape index (κ3) is 2.80. The van der Waals surface area contributed by atoms with Crippen LogP contribution in [0.3, 0.4) is 0 Å². The zero-order valence-electron chi connectivity index (χ0n) is 11.9. The summed E-state index contributed by atoms with van der Waals surface area (Å²) >= 11 is 0. The average molecular weight is 308 g/mol. The summed E-state index contributed by atoms with van der Waals surface area (Å²) < 4.78 is 0. The van der Waals surface area contributed by atoms with Gasteiger partial charge in [-0.3, -0.25) is 4.79 Å². The maximum atomic E-state index is 11.4. The molecule has 0 bridgehead atoms. The molecule has 3 rings (SSSR count). The molecule has 1 amide bonds. The Hall–Kier alpha value is -3.48. The number of primary amides is 1. The molecule has 0 radical (unpaired) electrons. The molecule has 114 valence electrons. The second-order valence-electron chi connectivity index (χ2n) is 4.85. The molecule has 0 saturated heterocycles. The summed E-state index contributed by atoms with van der Waals surface area (Å²) in [5.74, 6) is -1.66. The van der Waals surface area contributed by atoms with E-state index in [-0.39, 0.29) is 11.3 Å². The van der Waals surface area contributed by atoms with Gasteiger partial charge in [-0.1, -0.05) is 30.3 Å². The van der Waals surface area contributed by atoms with Gasteiger partial charge in [0.1, 0.15) is 5.69 Å². The molecule has 2 aromatic carbocycles. The fraction of sp³-hybridized carbons (Fsp3) is 0. The Balaban J connectivity index is 2.07. The number of carbonyl (C=O) groups is 2. The normalized spacial score (nSPS) is 10.4. The van der Waals surface area contributed by atoms with E-state index in [1.165, 1.54) is 6.07 Å². The Kier molecular flexibility index (Phi) is 3.60. The van der Waals surface area contributed by atoms with E-state index in [1.54, 1.807) is 30.3 Å². The van der Waals surface area contributed by atoms with E-state index in [2.05, 4.69) is 15.4 Å². The summed E-state index contributed by atoms with van der Waals surface area (Å²) in [5, 5.41) is 19.2. The lowest BCUT2D eigenvalue weighted by atomic mass is 9.99. The standard InChI is InChI=1S/C16H12N4O3/c17-15(21)14-13(18-20-19-14)11-5-1-3-9(7-11)10-4-2-6-12(8-10)16(22)23/h1-8H,(H2,17,21)(H,22,23)(H,18,19,20). The van der Waals surface area contributed by atoms with Crippen LogP contribution in [-0.2, 0) is 0 Å². The van der Waals surface area contributed by atoms with E-state index in [0.29, 0.717) is 11.3 Å². The van der Waals surface area contributed by atoms with Gasteiger partial charge in [0.25, 0.3) is 5.91 Å². The number of aromatic nitrogens is 3.